The van der Waals surface area contributed by atoms with Gasteiger partial charge in [0.1, 0.15) is 6.54 Å². The van der Waals surface area contributed by atoms with Crippen LogP contribution in [0, 0.1) is 11.3 Å². The Morgan fingerprint density at radius 3 is 2.35 bits per heavy atom. The second kappa shape index (κ2) is 7.59. The second-order valence-corrected chi connectivity index (χ2v) is 6.58. The topological polar surface area (TPSA) is 70.4 Å². The highest BCUT2D eigenvalue weighted by atomic mass is 35.5. The van der Waals surface area contributed by atoms with Gasteiger partial charge in [0.25, 0.3) is 5.91 Å². The molecule has 0 saturated heterocycles. The zero-order chi connectivity index (χ0) is 18.6. The minimum absolute atomic E-state index is 0.108. The minimum Gasteiger partial charge on any atom is -0.455 e. The second-order valence-electron chi connectivity index (χ2n) is 6.14. The highest BCUT2D eigenvalue weighted by Crippen LogP contribution is 2.49. The van der Waals surface area contributed by atoms with Gasteiger partial charge in [0.05, 0.1) is 11.5 Å². The molecule has 0 radical (unpaired) electrons. The van der Waals surface area contributed by atoms with E-state index in [2.05, 4.69) is 0 Å². The number of para-hydroxylation sites is 1. The van der Waals surface area contributed by atoms with Crippen LogP contribution in [0.4, 0.5) is 5.69 Å². The first-order chi connectivity index (χ1) is 12.6. The summed E-state index contributed by atoms with van der Waals surface area (Å²) < 4.78 is 5.29. The van der Waals surface area contributed by atoms with Crippen molar-refractivity contribution in [2.75, 3.05) is 18.1 Å². The smallest absolute Gasteiger partial charge is 0.317 e. The third-order valence-electron chi connectivity index (χ3n) is 4.46. The fourth-order valence-corrected chi connectivity index (χ4v) is 2.98. The number of halogens is 1. The normalized spacial score (nSPS) is 14.2. The van der Waals surface area contributed by atoms with Crippen LogP contribution in [-0.4, -0.2) is 25.0 Å². The van der Waals surface area contributed by atoms with Gasteiger partial charge in [0.2, 0.25) is 0 Å². The number of nitriles is 1. The van der Waals surface area contributed by atoms with E-state index in [-0.39, 0.29) is 6.54 Å². The van der Waals surface area contributed by atoms with E-state index in [1.807, 2.05) is 24.3 Å². The van der Waals surface area contributed by atoms with E-state index >= 15 is 0 Å². The molecule has 0 spiro atoms. The van der Waals surface area contributed by atoms with Crippen LogP contribution in [0.2, 0.25) is 5.02 Å². The number of ether oxygens (including phenoxy) is 1. The van der Waals surface area contributed by atoms with Crippen LogP contribution >= 0.6 is 11.6 Å². The number of carbonyl (C=O) groups excluding carboxylic acids is 2. The molecule has 5 nitrogen and oxygen atoms in total. The Hall–Kier alpha value is -2.84. The highest BCUT2D eigenvalue weighted by Gasteiger charge is 2.52. The Balaban J connectivity index is 1.66. The summed E-state index contributed by atoms with van der Waals surface area (Å²) in [4.78, 5) is 26.3. The SMILES string of the molecule is N#CCN(C(=O)COC(=O)C1(c2ccc(Cl)cc2)CC1)c1ccccc1. The summed E-state index contributed by atoms with van der Waals surface area (Å²) in [5, 5.41) is 9.57. The van der Waals surface area contributed by atoms with E-state index in [0.29, 0.717) is 23.6 Å². The molecule has 26 heavy (non-hydrogen) atoms. The quantitative estimate of drug-likeness (QED) is 0.578. The number of esters is 1. The third kappa shape index (κ3) is 3.71. The van der Waals surface area contributed by atoms with E-state index in [1.165, 1.54) is 4.90 Å². The molecule has 1 aliphatic rings. The van der Waals surface area contributed by atoms with Crippen molar-refractivity contribution < 1.29 is 14.3 Å². The Bertz CT molecular complexity index is 840. The number of rotatable bonds is 6. The van der Waals surface area contributed by atoms with Crippen molar-refractivity contribution in [3.05, 3.63) is 65.2 Å². The van der Waals surface area contributed by atoms with Gasteiger partial charge >= 0.3 is 5.97 Å². The highest BCUT2D eigenvalue weighted by molar-refractivity contribution is 6.30. The standard InChI is InChI=1S/C20H17ClN2O3/c21-16-8-6-15(7-9-16)20(10-11-20)19(25)26-14-18(24)23(13-12-22)17-4-2-1-3-5-17/h1-9H,10-11,13-14H2. The van der Waals surface area contributed by atoms with Crippen molar-refractivity contribution >= 4 is 29.2 Å². The lowest BCUT2D eigenvalue weighted by Gasteiger charge is -2.20. The van der Waals surface area contributed by atoms with Crippen LogP contribution < -0.4 is 4.90 Å². The average Bonchev–Trinajstić information content (AvgIpc) is 3.47. The van der Waals surface area contributed by atoms with Crippen LogP contribution in [0.15, 0.2) is 54.6 Å². The van der Waals surface area contributed by atoms with Crippen molar-refractivity contribution in [2.45, 2.75) is 18.3 Å². The maximum absolute atomic E-state index is 12.5. The summed E-state index contributed by atoms with van der Waals surface area (Å²) in [7, 11) is 0. The van der Waals surface area contributed by atoms with Gasteiger partial charge in [-0.05, 0) is 42.7 Å². The number of nitrogens with zero attached hydrogens (tertiary/aromatic N) is 2. The number of hydrogen-bond acceptors (Lipinski definition) is 4. The lowest BCUT2D eigenvalue weighted by atomic mass is 9.96. The minimum atomic E-state index is -0.683. The molecule has 0 aliphatic heterocycles. The van der Waals surface area contributed by atoms with Crippen molar-refractivity contribution in [1.82, 2.24) is 0 Å². The summed E-state index contributed by atoms with van der Waals surface area (Å²) in [5.41, 5.74) is 0.753. The third-order valence-corrected chi connectivity index (χ3v) is 4.71. The molecule has 1 saturated carbocycles. The van der Waals surface area contributed by atoms with Crippen molar-refractivity contribution in [3.63, 3.8) is 0 Å². The number of amides is 1. The maximum atomic E-state index is 12.5. The first-order valence-electron chi connectivity index (χ1n) is 8.22. The molecular weight excluding hydrogens is 352 g/mol. The van der Waals surface area contributed by atoms with Gasteiger partial charge in [-0.25, -0.2) is 0 Å². The van der Waals surface area contributed by atoms with E-state index in [0.717, 1.165) is 5.56 Å². The van der Waals surface area contributed by atoms with Crippen LogP contribution in [0.1, 0.15) is 18.4 Å². The molecule has 2 aromatic carbocycles. The molecular formula is C20H17ClN2O3. The fraction of sp³-hybridized carbons (Fsp3) is 0.250. The Labute approximate surface area is 156 Å². The van der Waals surface area contributed by atoms with Gasteiger partial charge in [-0.3, -0.25) is 14.5 Å². The first kappa shape index (κ1) is 18.0. The van der Waals surface area contributed by atoms with Crippen molar-refractivity contribution in [2.24, 2.45) is 0 Å². The zero-order valence-electron chi connectivity index (χ0n) is 14.0. The molecule has 1 fully saturated rings. The van der Waals surface area contributed by atoms with Gasteiger partial charge in [-0.2, -0.15) is 5.26 Å². The van der Waals surface area contributed by atoms with E-state index < -0.39 is 23.9 Å². The molecule has 0 heterocycles. The van der Waals surface area contributed by atoms with Crippen LogP contribution in [0.3, 0.4) is 0 Å². The predicted molar refractivity (Wildman–Crippen MR) is 97.7 cm³/mol. The molecule has 1 amide bonds. The zero-order valence-corrected chi connectivity index (χ0v) is 14.8. The first-order valence-corrected chi connectivity index (χ1v) is 8.60. The monoisotopic (exact) mass is 368 g/mol. The number of carbonyl (C=O) groups is 2. The average molecular weight is 369 g/mol. The molecule has 1 aliphatic carbocycles. The molecule has 0 N–H and O–H groups in total. The maximum Gasteiger partial charge on any atom is 0.317 e. The summed E-state index contributed by atoms with van der Waals surface area (Å²) in [6, 6.07) is 17.9. The molecule has 132 valence electrons. The lowest BCUT2D eigenvalue weighted by Crippen LogP contribution is -2.36. The van der Waals surface area contributed by atoms with Gasteiger partial charge in [-0.1, -0.05) is 41.9 Å². The summed E-state index contributed by atoms with van der Waals surface area (Å²) in [5.74, 6) is -0.851. The molecule has 0 bridgehead atoms. The number of anilines is 1. The molecule has 2 aromatic rings. The van der Waals surface area contributed by atoms with Gasteiger partial charge in [0, 0.05) is 10.7 Å². The molecule has 6 heteroatoms. The lowest BCUT2D eigenvalue weighted by molar-refractivity contribution is -0.150. The van der Waals surface area contributed by atoms with Gasteiger partial charge in [0.15, 0.2) is 6.61 Å². The predicted octanol–water partition coefficient (Wildman–Crippen LogP) is 3.47. The van der Waals surface area contributed by atoms with Gasteiger partial charge in [-0.15, -0.1) is 0 Å². The van der Waals surface area contributed by atoms with Crippen molar-refractivity contribution in [1.29, 1.82) is 5.26 Å². The Morgan fingerprint density at radius 1 is 1.12 bits per heavy atom. The van der Waals surface area contributed by atoms with Crippen molar-refractivity contribution in [3.8, 4) is 6.07 Å². The summed E-state index contributed by atoms with van der Waals surface area (Å²) >= 11 is 5.89. The molecule has 3 rings (SSSR count). The van der Waals surface area contributed by atoms with E-state index in [9.17, 15) is 9.59 Å². The fourth-order valence-electron chi connectivity index (χ4n) is 2.85. The number of benzene rings is 2. The van der Waals surface area contributed by atoms with E-state index in [4.69, 9.17) is 21.6 Å². The van der Waals surface area contributed by atoms with E-state index in [1.54, 1.807) is 36.4 Å². The molecule has 0 aromatic heterocycles. The van der Waals surface area contributed by atoms with Gasteiger partial charge < -0.3 is 4.74 Å². The summed E-state index contributed by atoms with van der Waals surface area (Å²) in [6.07, 6.45) is 1.37. The summed E-state index contributed by atoms with van der Waals surface area (Å²) in [6.45, 7) is -0.506. The Kier molecular flexibility index (Phi) is 5.24. The van der Waals surface area contributed by atoms with Crippen LogP contribution in [-0.2, 0) is 19.7 Å². The Morgan fingerprint density at radius 2 is 1.77 bits per heavy atom. The van der Waals surface area contributed by atoms with Crippen LogP contribution in [0.5, 0.6) is 0 Å². The number of hydrogen-bond donors (Lipinski definition) is 0. The molecule has 0 atom stereocenters. The molecule has 0 unspecified atom stereocenters. The van der Waals surface area contributed by atoms with Crippen LogP contribution in [0.25, 0.3) is 0 Å². The largest absolute Gasteiger partial charge is 0.455 e.